The summed E-state index contributed by atoms with van der Waals surface area (Å²) in [4.78, 5) is 1.22. The minimum absolute atomic E-state index is 0.294. The first-order valence-electron chi connectivity index (χ1n) is 5.93. The quantitative estimate of drug-likeness (QED) is 0.809. The summed E-state index contributed by atoms with van der Waals surface area (Å²) < 4.78 is 0. The Bertz CT molecular complexity index is 415. The minimum atomic E-state index is -0.401. The highest BCUT2D eigenvalue weighted by atomic mass is 32.2. The van der Waals surface area contributed by atoms with Gasteiger partial charge >= 0.3 is 0 Å². The van der Waals surface area contributed by atoms with E-state index in [1.807, 2.05) is 23.9 Å². The molecule has 1 N–H and O–H groups in total. The first kappa shape index (κ1) is 12.5. The van der Waals surface area contributed by atoms with Crippen molar-refractivity contribution in [3.63, 3.8) is 0 Å². The van der Waals surface area contributed by atoms with Crippen LogP contribution in [-0.2, 0) is 0 Å². The zero-order valence-electron chi connectivity index (χ0n) is 10.0. The molecule has 0 bridgehead atoms. The first-order valence-corrected chi connectivity index (χ1v) is 6.92. The average molecular weight is 247 g/mol. The number of aliphatic hydroxyl groups excluding tert-OH is 1. The van der Waals surface area contributed by atoms with Gasteiger partial charge in [0.15, 0.2) is 0 Å². The molecule has 0 saturated heterocycles. The van der Waals surface area contributed by atoms with Gasteiger partial charge in [-0.05, 0) is 42.9 Å². The Kier molecular flexibility index (Phi) is 3.76. The molecule has 0 radical (unpaired) electrons. The van der Waals surface area contributed by atoms with Gasteiger partial charge in [0.2, 0.25) is 0 Å². The van der Waals surface area contributed by atoms with Gasteiger partial charge in [-0.1, -0.05) is 12.1 Å². The van der Waals surface area contributed by atoms with Crippen LogP contribution in [0.1, 0.15) is 37.9 Å². The zero-order valence-corrected chi connectivity index (χ0v) is 10.8. The third-order valence-electron chi connectivity index (χ3n) is 3.32. The SMILES string of the molecule is CC(O)c1ccc(SCC2(CC#N)CC2)cc1. The molecule has 1 fully saturated rings. The van der Waals surface area contributed by atoms with Gasteiger partial charge in [0.25, 0.3) is 0 Å². The topological polar surface area (TPSA) is 44.0 Å². The van der Waals surface area contributed by atoms with Gasteiger partial charge in [0, 0.05) is 17.1 Å². The Morgan fingerprint density at radius 2 is 2.06 bits per heavy atom. The molecule has 1 aromatic carbocycles. The van der Waals surface area contributed by atoms with E-state index in [1.165, 1.54) is 17.7 Å². The summed E-state index contributed by atoms with van der Waals surface area (Å²) in [6.45, 7) is 1.77. The molecule has 1 unspecified atom stereocenters. The summed E-state index contributed by atoms with van der Waals surface area (Å²) in [5.74, 6) is 1.04. The van der Waals surface area contributed by atoms with Crippen molar-refractivity contribution in [2.75, 3.05) is 5.75 Å². The van der Waals surface area contributed by atoms with Crippen LogP contribution in [-0.4, -0.2) is 10.9 Å². The summed E-state index contributed by atoms with van der Waals surface area (Å²) in [5.41, 5.74) is 1.25. The first-order chi connectivity index (χ1) is 8.15. The average Bonchev–Trinajstić information content (AvgIpc) is 3.08. The number of nitriles is 1. The molecule has 0 aliphatic heterocycles. The molecular weight excluding hydrogens is 230 g/mol. The van der Waals surface area contributed by atoms with Crippen LogP contribution in [0.25, 0.3) is 0 Å². The van der Waals surface area contributed by atoms with E-state index in [4.69, 9.17) is 5.26 Å². The molecule has 17 heavy (non-hydrogen) atoms. The predicted molar refractivity (Wildman–Crippen MR) is 69.7 cm³/mol. The second kappa shape index (κ2) is 5.12. The van der Waals surface area contributed by atoms with Crippen LogP contribution < -0.4 is 0 Å². The maximum absolute atomic E-state index is 9.41. The van der Waals surface area contributed by atoms with Crippen molar-refractivity contribution in [1.82, 2.24) is 0 Å². The molecule has 1 atom stereocenters. The van der Waals surface area contributed by atoms with E-state index in [9.17, 15) is 5.11 Å². The van der Waals surface area contributed by atoms with Gasteiger partial charge in [-0.15, -0.1) is 11.8 Å². The molecular formula is C14H17NOS. The van der Waals surface area contributed by atoms with Gasteiger partial charge in [-0.2, -0.15) is 5.26 Å². The van der Waals surface area contributed by atoms with E-state index in [-0.39, 0.29) is 0 Å². The number of benzene rings is 1. The maximum atomic E-state index is 9.41. The summed E-state index contributed by atoms with van der Waals surface area (Å²) in [7, 11) is 0. The Labute approximate surface area is 107 Å². The maximum Gasteiger partial charge on any atom is 0.0761 e. The van der Waals surface area contributed by atoms with Crippen molar-refractivity contribution in [3.8, 4) is 6.07 Å². The molecule has 90 valence electrons. The highest BCUT2D eigenvalue weighted by Crippen LogP contribution is 2.51. The Balaban J connectivity index is 1.90. The van der Waals surface area contributed by atoms with Crippen molar-refractivity contribution in [1.29, 1.82) is 5.26 Å². The number of aliphatic hydroxyl groups is 1. The molecule has 0 heterocycles. The monoisotopic (exact) mass is 247 g/mol. The lowest BCUT2D eigenvalue weighted by atomic mass is 10.1. The van der Waals surface area contributed by atoms with Crippen LogP contribution in [0, 0.1) is 16.7 Å². The van der Waals surface area contributed by atoms with Gasteiger partial charge in [-0.25, -0.2) is 0 Å². The largest absolute Gasteiger partial charge is 0.389 e. The van der Waals surface area contributed by atoms with Gasteiger partial charge in [0.1, 0.15) is 0 Å². The van der Waals surface area contributed by atoms with Crippen LogP contribution in [0.2, 0.25) is 0 Å². The second-order valence-electron chi connectivity index (χ2n) is 4.87. The molecule has 0 aromatic heterocycles. The van der Waals surface area contributed by atoms with E-state index in [2.05, 4.69) is 18.2 Å². The highest BCUT2D eigenvalue weighted by molar-refractivity contribution is 7.99. The lowest BCUT2D eigenvalue weighted by molar-refractivity contribution is 0.199. The van der Waals surface area contributed by atoms with Crippen molar-refractivity contribution in [2.24, 2.45) is 5.41 Å². The van der Waals surface area contributed by atoms with Crippen LogP contribution >= 0.6 is 11.8 Å². The molecule has 3 heteroatoms. The molecule has 1 aromatic rings. The van der Waals surface area contributed by atoms with E-state index >= 15 is 0 Å². The number of thioether (sulfide) groups is 1. The summed E-state index contributed by atoms with van der Waals surface area (Å²) in [6, 6.07) is 10.3. The molecule has 0 amide bonds. The lowest BCUT2D eigenvalue weighted by Crippen LogP contribution is -2.02. The fourth-order valence-corrected chi connectivity index (χ4v) is 2.99. The summed E-state index contributed by atoms with van der Waals surface area (Å²) in [6.07, 6.45) is 2.67. The number of rotatable bonds is 5. The molecule has 2 rings (SSSR count). The van der Waals surface area contributed by atoms with Crippen LogP contribution in [0.3, 0.4) is 0 Å². The number of hydrogen-bond acceptors (Lipinski definition) is 3. The summed E-state index contributed by atoms with van der Waals surface area (Å²) >= 11 is 1.82. The minimum Gasteiger partial charge on any atom is -0.389 e. The Morgan fingerprint density at radius 1 is 1.41 bits per heavy atom. The van der Waals surface area contributed by atoms with Crippen LogP contribution in [0.5, 0.6) is 0 Å². The molecule has 2 nitrogen and oxygen atoms in total. The van der Waals surface area contributed by atoms with Gasteiger partial charge in [0.05, 0.1) is 12.2 Å². The molecule has 1 saturated carbocycles. The van der Waals surface area contributed by atoms with E-state index in [0.29, 0.717) is 11.8 Å². The number of hydrogen-bond donors (Lipinski definition) is 1. The van der Waals surface area contributed by atoms with Gasteiger partial charge < -0.3 is 5.11 Å². The second-order valence-corrected chi connectivity index (χ2v) is 5.92. The highest BCUT2D eigenvalue weighted by Gasteiger charge is 2.42. The Hall–Kier alpha value is -0.980. The third-order valence-corrected chi connectivity index (χ3v) is 4.68. The van der Waals surface area contributed by atoms with Crippen molar-refractivity contribution in [3.05, 3.63) is 29.8 Å². The molecule has 1 aliphatic rings. The van der Waals surface area contributed by atoms with Crippen LogP contribution in [0.4, 0.5) is 0 Å². The standard InChI is InChI=1S/C14H17NOS/c1-11(16)12-2-4-13(5-3-12)17-10-14(6-7-14)8-9-15/h2-5,11,16H,6-8,10H2,1H3. The van der Waals surface area contributed by atoms with E-state index < -0.39 is 6.10 Å². The van der Waals surface area contributed by atoms with Crippen molar-refractivity contribution in [2.45, 2.75) is 37.2 Å². The molecule has 1 aliphatic carbocycles. The van der Waals surface area contributed by atoms with Crippen LogP contribution in [0.15, 0.2) is 29.2 Å². The van der Waals surface area contributed by atoms with Gasteiger partial charge in [-0.3, -0.25) is 0 Å². The summed E-state index contributed by atoms with van der Waals surface area (Å²) in [5, 5.41) is 18.2. The van der Waals surface area contributed by atoms with Crippen molar-refractivity contribution >= 4 is 11.8 Å². The predicted octanol–water partition coefficient (Wildman–Crippen LogP) is 3.53. The smallest absolute Gasteiger partial charge is 0.0761 e. The normalized spacial score (nSPS) is 18.4. The number of nitrogens with zero attached hydrogens (tertiary/aromatic N) is 1. The van der Waals surface area contributed by atoms with Crippen molar-refractivity contribution < 1.29 is 5.11 Å². The fourth-order valence-electron chi connectivity index (χ4n) is 1.80. The zero-order chi connectivity index (χ0) is 12.3. The Morgan fingerprint density at radius 3 is 2.53 bits per heavy atom. The van der Waals surface area contributed by atoms with E-state index in [1.54, 1.807) is 6.92 Å². The fraction of sp³-hybridized carbons (Fsp3) is 0.500. The van der Waals surface area contributed by atoms with E-state index in [0.717, 1.165) is 11.3 Å². The lowest BCUT2D eigenvalue weighted by Gasteiger charge is -2.11. The molecule has 0 spiro atoms. The third kappa shape index (κ3) is 3.24.